The van der Waals surface area contributed by atoms with Crippen LogP contribution in [0.5, 0.6) is 6.01 Å². The van der Waals surface area contributed by atoms with Gasteiger partial charge < -0.3 is 25.0 Å². The maximum absolute atomic E-state index is 13.8. The van der Waals surface area contributed by atoms with E-state index in [-0.39, 0.29) is 23.6 Å². The summed E-state index contributed by atoms with van der Waals surface area (Å²) >= 11 is 0. The summed E-state index contributed by atoms with van der Waals surface area (Å²) in [5.41, 5.74) is 6.08. The van der Waals surface area contributed by atoms with E-state index in [0.29, 0.717) is 56.5 Å². The van der Waals surface area contributed by atoms with E-state index in [1.165, 1.54) is 24.4 Å². The molecular formula is C25H26F4N6O2. The Kier molecular flexibility index (Phi) is 7.00. The predicted molar refractivity (Wildman–Crippen MR) is 130 cm³/mol. The number of nitrogen functional groups attached to an aromatic ring is 1. The summed E-state index contributed by atoms with van der Waals surface area (Å²) in [7, 11) is 0. The van der Waals surface area contributed by atoms with E-state index >= 15 is 0 Å². The standard InChI is InChI=1S/C25H26F4N6O2/c26-19-6-5-16(13-20(19)30)21-14-22(33-24(32-21)37-15-17-3-2-12-36-17)34-8-10-35(11-9-34)23-18(25(27,28)29)4-1-7-31-23/h1,4-7,13-14,17H,2-3,8-12,15,30H2. The molecule has 2 N–H and O–H groups in total. The van der Waals surface area contributed by atoms with Crippen LogP contribution in [0, 0.1) is 5.82 Å². The fraction of sp³-hybridized carbons (Fsp3) is 0.400. The highest BCUT2D eigenvalue weighted by molar-refractivity contribution is 5.67. The molecule has 1 unspecified atom stereocenters. The second kappa shape index (κ2) is 10.4. The van der Waals surface area contributed by atoms with Crippen LogP contribution in [0.1, 0.15) is 18.4 Å². The zero-order valence-corrected chi connectivity index (χ0v) is 19.9. The average molecular weight is 519 g/mol. The minimum absolute atomic E-state index is 0.0102. The van der Waals surface area contributed by atoms with Crippen molar-refractivity contribution in [1.29, 1.82) is 0 Å². The van der Waals surface area contributed by atoms with Gasteiger partial charge in [0.15, 0.2) is 0 Å². The van der Waals surface area contributed by atoms with Crippen LogP contribution in [0.15, 0.2) is 42.6 Å². The highest BCUT2D eigenvalue weighted by Crippen LogP contribution is 2.36. The number of ether oxygens (including phenoxy) is 2. The Morgan fingerprint density at radius 1 is 1.05 bits per heavy atom. The van der Waals surface area contributed by atoms with Crippen LogP contribution in [-0.4, -0.2) is 60.4 Å². The molecule has 0 aliphatic carbocycles. The minimum atomic E-state index is -4.49. The largest absolute Gasteiger partial charge is 0.461 e. The molecule has 5 rings (SSSR count). The van der Waals surface area contributed by atoms with Crippen LogP contribution >= 0.6 is 0 Å². The van der Waals surface area contributed by atoms with E-state index in [1.54, 1.807) is 17.0 Å². The van der Waals surface area contributed by atoms with Crippen molar-refractivity contribution in [1.82, 2.24) is 15.0 Å². The lowest BCUT2D eigenvalue weighted by molar-refractivity contribution is -0.137. The molecular weight excluding hydrogens is 492 g/mol. The van der Waals surface area contributed by atoms with Gasteiger partial charge in [0.25, 0.3) is 0 Å². The van der Waals surface area contributed by atoms with Crippen LogP contribution in [0.4, 0.5) is 34.9 Å². The number of halogens is 4. The zero-order chi connectivity index (χ0) is 26.0. The van der Waals surface area contributed by atoms with Crippen molar-refractivity contribution in [3.8, 4) is 17.3 Å². The van der Waals surface area contributed by atoms with Gasteiger partial charge in [0.2, 0.25) is 0 Å². The van der Waals surface area contributed by atoms with Crippen LogP contribution in [-0.2, 0) is 10.9 Å². The summed E-state index contributed by atoms with van der Waals surface area (Å²) in [6, 6.07) is 8.52. The number of hydrogen-bond acceptors (Lipinski definition) is 8. The van der Waals surface area contributed by atoms with E-state index in [1.807, 2.05) is 4.90 Å². The van der Waals surface area contributed by atoms with Gasteiger partial charge in [-0.25, -0.2) is 9.37 Å². The summed E-state index contributed by atoms with van der Waals surface area (Å²) in [6.45, 7) is 2.42. The number of benzene rings is 1. The first-order valence-electron chi connectivity index (χ1n) is 12.0. The fourth-order valence-corrected chi connectivity index (χ4v) is 4.45. The number of nitrogens with two attached hydrogens (primary N) is 1. The van der Waals surface area contributed by atoms with Crippen LogP contribution < -0.4 is 20.3 Å². The number of aromatic nitrogens is 3. The van der Waals surface area contributed by atoms with Crippen molar-refractivity contribution >= 4 is 17.3 Å². The highest BCUT2D eigenvalue weighted by atomic mass is 19.4. The molecule has 0 amide bonds. The summed E-state index contributed by atoms with van der Waals surface area (Å²) < 4.78 is 65.7. The molecule has 12 heteroatoms. The first-order valence-corrected chi connectivity index (χ1v) is 12.0. The average Bonchev–Trinajstić information content (AvgIpc) is 3.42. The molecule has 37 heavy (non-hydrogen) atoms. The smallest absolute Gasteiger partial charge is 0.419 e. The van der Waals surface area contributed by atoms with E-state index in [4.69, 9.17) is 15.2 Å². The summed E-state index contributed by atoms with van der Waals surface area (Å²) in [6.07, 6.45) is -1.32. The van der Waals surface area contributed by atoms with Crippen molar-refractivity contribution in [2.24, 2.45) is 0 Å². The molecule has 196 valence electrons. The lowest BCUT2D eigenvalue weighted by Gasteiger charge is -2.37. The van der Waals surface area contributed by atoms with Gasteiger partial charge in [-0.1, -0.05) is 0 Å². The maximum atomic E-state index is 13.8. The van der Waals surface area contributed by atoms with Gasteiger partial charge >= 0.3 is 12.2 Å². The van der Waals surface area contributed by atoms with Crippen molar-refractivity contribution in [2.45, 2.75) is 25.1 Å². The number of anilines is 3. The number of hydrogen-bond donors (Lipinski definition) is 1. The van der Waals surface area contributed by atoms with Gasteiger partial charge in [-0.05, 0) is 43.2 Å². The Hall–Kier alpha value is -3.67. The van der Waals surface area contributed by atoms with Crippen LogP contribution in [0.25, 0.3) is 11.3 Å². The fourth-order valence-electron chi connectivity index (χ4n) is 4.45. The summed E-state index contributed by atoms with van der Waals surface area (Å²) in [5, 5.41) is 0. The van der Waals surface area contributed by atoms with Gasteiger partial charge in [0.05, 0.1) is 23.0 Å². The number of pyridine rings is 1. The summed E-state index contributed by atoms with van der Waals surface area (Å²) in [4.78, 5) is 16.6. The quantitative estimate of drug-likeness (QED) is 0.384. The number of rotatable bonds is 6. The third-order valence-corrected chi connectivity index (χ3v) is 6.40. The minimum Gasteiger partial charge on any atom is -0.461 e. The van der Waals surface area contributed by atoms with Gasteiger partial charge in [-0.2, -0.15) is 23.1 Å². The molecule has 2 saturated heterocycles. The Bertz CT molecular complexity index is 1240. The molecule has 0 saturated carbocycles. The molecule has 0 radical (unpaired) electrons. The molecule has 2 fully saturated rings. The van der Waals surface area contributed by atoms with Crippen molar-refractivity contribution in [3.05, 3.63) is 54.0 Å². The first-order chi connectivity index (χ1) is 17.8. The predicted octanol–water partition coefficient (Wildman–Crippen LogP) is 4.16. The van der Waals surface area contributed by atoms with Crippen LogP contribution in [0.2, 0.25) is 0 Å². The molecule has 2 aromatic heterocycles. The van der Waals surface area contributed by atoms with E-state index < -0.39 is 17.6 Å². The van der Waals surface area contributed by atoms with E-state index in [9.17, 15) is 17.6 Å². The van der Waals surface area contributed by atoms with E-state index in [2.05, 4.69) is 15.0 Å². The topological polar surface area (TPSA) is 89.6 Å². The molecule has 3 aromatic rings. The monoisotopic (exact) mass is 518 g/mol. The number of piperazine rings is 1. The second-order valence-electron chi connectivity index (χ2n) is 8.92. The molecule has 0 spiro atoms. The van der Waals surface area contributed by atoms with Crippen molar-refractivity contribution < 1.29 is 27.0 Å². The lowest BCUT2D eigenvalue weighted by Crippen LogP contribution is -2.47. The van der Waals surface area contributed by atoms with Gasteiger partial charge in [0.1, 0.15) is 24.1 Å². The zero-order valence-electron chi connectivity index (χ0n) is 19.9. The SMILES string of the molecule is Nc1cc(-c2cc(N3CCN(c4ncccc4C(F)(F)F)CC3)nc(OCC3CCCO3)n2)ccc1F. The molecule has 2 aliphatic heterocycles. The summed E-state index contributed by atoms with van der Waals surface area (Å²) in [5.74, 6) is -0.0656. The van der Waals surface area contributed by atoms with Gasteiger partial charge in [-0.15, -0.1) is 0 Å². The first kappa shape index (κ1) is 25.0. The molecule has 8 nitrogen and oxygen atoms in total. The lowest BCUT2D eigenvalue weighted by atomic mass is 10.1. The van der Waals surface area contributed by atoms with Crippen molar-refractivity contribution in [3.63, 3.8) is 0 Å². The number of nitrogens with zero attached hydrogens (tertiary/aromatic N) is 5. The second-order valence-corrected chi connectivity index (χ2v) is 8.92. The maximum Gasteiger partial charge on any atom is 0.419 e. The Balaban J connectivity index is 1.38. The van der Waals surface area contributed by atoms with E-state index in [0.717, 1.165) is 18.9 Å². The van der Waals surface area contributed by atoms with Crippen LogP contribution in [0.3, 0.4) is 0 Å². The van der Waals surface area contributed by atoms with Crippen molar-refractivity contribution in [2.75, 3.05) is 54.9 Å². The third kappa shape index (κ3) is 5.68. The molecule has 0 bridgehead atoms. The third-order valence-electron chi connectivity index (χ3n) is 6.40. The van der Waals surface area contributed by atoms with Gasteiger partial charge in [-0.3, -0.25) is 0 Å². The number of alkyl halides is 3. The Labute approximate surface area is 211 Å². The molecule has 4 heterocycles. The molecule has 1 aromatic carbocycles. The molecule has 2 aliphatic rings. The molecule has 1 atom stereocenters. The normalized spacial score (nSPS) is 18.3. The Morgan fingerprint density at radius 3 is 2.54 bits per heavy atom. The highest BCUT2D eigenvalue weighted by Gasteiger charge is 2.36. The Morgan fingerprint density at radius 2 is 1.84 bits per heavy atom. The van der Waals surface area contributed by atoms with Gasteiger partial charge in [0, 0.05) is 50.6 Å².